The van der Waals surface area contributed by atoms with Gasteiger partial charge in [0.15, 0.2) is 0 Å². The van der Waals surface area contributed by atoms with Crippen molar-refractivity contribution in [2.75, 3.05) is 32.0 Å². The predicted octanol–water partition coefficient (Wildman–Crippen LogP) is 4.00. The third-order valence-electron chi connectivity index (χ3n) is 4.64. The molecule has 2 amide bonds. The molecule has 32 heavy (non-hydrogen) atoms. The molecule has 0 heterocycles. The predicted molar refractivity (Wildman–Crippen MR) is 120 cm³/mol. The minimum absolute atomic E-state index is 0.248. The lowest BCUT2D eigenvalue weighted by atomic mass is 10.1. The smallest absolute Gasteiger partial charge is 0.339 e. The van der Waals surface area contributed by atoms with Gasteiger partial charge in [-0.3, -0.25) is 9.59 Å². The molecular formula is C24H22N2O6. The Balaban J connectivity index is 1.75. The molecule has 0 aromatic heterocycles. The number of rotatable bonds is 7. The number of hydrogen-bond donors (Lipinski definition) is 2. The van der Waals surface area contributed by atoms with Crippen LogP contribution in [0.1, 0.15) is 31.1 Å². The maximum Gasteiger partial charge on any atom is 0.339 e. The second-order valence-corrected chi connectivity index (χ2v) is 6.56. The summed E-state index contributed by atoms with van der Waals surface area (Å²) in [7, 11) is 4.21. The average Bonchev–Trinajstić information content (AvgIpc) is 2.83. The van der Waals surface area contributed by atoms with Gasteiger partial charge in [0.25, 0.3) is 11.8 Å². The molecule has 0 aliphatic carbocycles. The van der Waals surface area contributed by atoms with Gasteiger partial charge < -0.3 is 24.8 Å². The van der Waals surface area contributed by atoms with Gasteiger partial charge in [-0.15, -0.1) is 0 Å². The van der Waals surface area contributed by atoms with E-state index in [2.05, 4.69) is 10.6 Å². The van der Waals surface area contributed by atoms with E-state index in [-0.39, 0.29) is 11.1 Å². The number of nitrogens with one attached hydrogen (secondary N) is 2. The zero-order valence-electron chi connectivity index (χ0n) is 17.8. The van der Waals surface area contributed by atoms with Crippen LogP contribution in [0.5, 0.6) is 11.5 Å². The summed E-state index contributed by atoms with van der Waals surface area (Å²) in [6.07, 6.45) is 0. The van der Waals surface area contributed by atoms with Crippen molar-refractivity contribution < 1.29 is 28.6 Å². The topological polar surface area (TPSA) is 103 Å². The Kier molecular flexibility index (Phi) is 7.07. The number of carbonyl (C=O) groups excluding carboxylic acids is 3. The fourth-order valence-corrected chi connectivity index (χ4v) is 3.05. The van der Waals surface area contributed by atoms with Crippen LogP contribution in [-0.4, -0.2) is 39.1 Å². The monoisotopic (exact) mass is 434 g/mol. The Labute approximate surface area is 185 Å². The number of hydrogen-bond acceptors (Lipinski definition) is 6. The molecule has 0 aliphatic rings. The van der Waals surface area contributed by atoms with Gasteiger partial charge in [0.05, 0.1) is 32.6 Å². The van der Waals surface area contributed by atoms with Gasteiger partial charge in [0.2, 0.25) is 0 Å². The van der Waals surface area contributed by atoms with E-state index in [0.717, 1.165) is 0 Å². The molecule has 0 radical (unpaired) electrons. The molecule has 0 aliphatic heterocycles. The van der Waals surface area contributed by atoms with E-state index in [4.69, 9.17) is 14.2 Å². The Bertz CT molecular complexity index is 1120. The van der Waals surface area contributed by atoms with Gasteiger partial charge in [-0.05, 0) is 48.5 Å². The minimum Gasteiger partial charge on any atom is -0.496 e. The number of ether oxygens (including phenoxy) is 3. The van der Waals surface area contributed by atoms with Crippen molar-refractivity contribution in [1.29, 1.82) is 0 Å². The maximum atomic E-state index is 12.8. The number of amides is 2. The zero-order chi connectivity index (χ0) is 23.1. The van der Waals surface area contributed by atoms with E-state index < -0.39 is 17.8 Å². The molecule has 164 valence electrons. The first-order valence-electron chi connectivity index (χ1n) is 9.59. The third kappa shape index (κ3) is 4.86. The van der Waals surface area contributed by atoms with Gasteiger partial charge in [-0.25, -0.2) is 4.79 Å². The van der Waals surface area contributed by atoms with E-state index in [1.807, 2.05) is 0 Å². The first kappa shape index (κ1) is 22.4. The van der Waals surface area contributed by atoms with Crippen LogP contribution < -0.4 is 20.1 Å². The Morgan fingerprint density at radius 3 is 1.91 bits per heavy atom. The molecule has 0 spiro atoms. The average molecular weight is 434 g/mol. The molecule has 3 aromatic rings. The van der Waals surface area contributed by atoms with Crippen LogP contribution in [0.25, 0.3) is 0 Å². The lowest BCUT2D eigenvalue weighted by Gasteiger charge is -2.13. The Morgan fingerprint density at radius 2 is 1.31 bits per heavy atom. The summed E-state index contributed by atoms with van der Waals surface area (Å²) in [5, 5.41) is 5.46. The zero-order valence-corrected chi connectivity index (χ0v) is 17.8. The number of carbonyl (C=O) groups is 3. The molecule has 3 rings (SSSR count). The summed E-state index contributed by atoms with van der Waals surface area (Å²) in [4.78, 5) is 37.3. The molecule has 0 bridgehead atoms. The fraction of sp³-hybridized carbons (Fsp3) is 0.125. The van der Waals surface area contributed by atoms with Crippen molar-refractivity contribution >= 4 is 29.2 Å². The molecule has 8 nitrogen and oxygen atoms in total. The van der Waals surface area contributed by atoms with E-state index in [1.165, 1.54) is 21.3 Å². The van der Waals surface area contributed by atoms with Crippen LogP contribution in [-0.2, 0) is 4.74 Å². The summed E-state index contributed by atoms with van der Waals surface area (Å²) in [5.74, 6) is -0.621. The quantitative estimate of drug-likeness (QED) is 0.545. The first-order chi connectivity index (χ1) is 15.5. The van der Waals surface area contributed by atoms with Gasteiger partial charge >= 0.3 is 5.97 Å². The highest BCUT2D eigenvalue weighted by Gasteiger charge is 2.19. The molecule has 8 heteroatoms. The molecule has 0 fully saturated rings. The second kappa shape index (κ2) is 10.1. The van der Waals surface area contributed by atoms with E-state index in [0.29, 0.717) is 28.4 Å². The van der Waals surface area contributed by atoms with Crippen LogP contribution in [0.4, 0.5) is 11.4 Å². The lowest BCUT2D eigenvalue weighted by Crippen LogP contribution is -2.16. The lowest BCUT2D eigenvalue weighted by molar-refractivity contribution is 0.0601. The summed E-state index contributed by atoms with van der Waals surface area (Å²) >= 11 is 0. The van der Waals surface area contributed by atoms with Gasteiger partial charge in [0, 0.05) is 11.3 Å². The molecule has 0 saturated heterocycles. The van der Waals surface area contributed by atoms with Crippen molar-refractivity contribution in [3.05, 3.63) is 83.4 Å². The van der Waals surface area contributed by atoms with E-state index in [1.54, 1.807) is 66.7 Å². The van der Waals surface area contributed by atoms with Gasteiger partial charge in [0.1, 0.15) is 17.1 Å². The van der Waals surface area contributed by atoms with Gasteiger partial charge in [-0.1, -0.05) is 18.2 Å². The van der Waals surface area contributed by atoms with Crippen molar-refractivity contribution in [1.82, 2.24) is 0 Å². The molecule has 0 unspecified atom stereocenters. The van der Waals surface area contributed by atoms with Crippen molar-refractivity contribution in [3.8, 4) is 11.5 Å². The number of para-hydroxylation sites is 1. The third-order valence-corrected chi connectivity index (χ3v) is 4.64. The molecule has 0 atom stereocenters. The van der Waals surface area contributed by atoms with Gasteiger partial charge in [-0.2, -0.15) is 0 Å². The van der Waals surface area contributed by atoms with Crippen molar-refractivity contribution in [2.24, 2.45) is 0 Å². The molecule has 3 aromatic carbocycles. The van der Waals surface area contributed by atoms with E-state index in [9.17, 15) is 14.4 Å². The SMILES string of the molecule is COC(=O)c1ccccc1NC(=O)c1ccc(NC(=O)c2c(OC)cccc2OC)cc1. The number of anilines is 2. The fourth-order valence-electron chi connectivity index (χ4n) is 3.05. The van der Waals surface area contributed by atoms with E-state index >= 15 is 0 Å². The standard InChI is InChI=1S/C24H22N2O6/c1-30-19-9-6-10-20(31-2)21(19)23(28)25-16-13-11-15(12-14-16)22(27)26-18-8-5-4-7-17(18)24(29)32-3/h4-14H,1-3H3,(H,25,28)(H,26,27). The molecule has 2 N–H and O–H groups in total. The first-order valence-corrected chi connectivity index (χ1v) is 9.59. The summed E-state index contributed by atoms with van der Waals surface area (Å²) < 4.78 is 15.3. The van der Waals surface area contributed by atoms with Crippen LogP contribution in [0, 0.1) is 0 Å². The van der Waals surface area contributed by atoms with Crippen LogP contribution >= 0.6 is 0 Å². The molecule has 0 saturated carbocycles. The number of methoxy groups -OCH3 is 3. The Morgan fingerprint density at radius 1 is 0.688 bits per heavy atom. The largest absolute Gasteiger partial charge is 0.496 e. The molecular weight excluding hydrogens is 412 g/mol. The van der Waals surface area contributed by atoms with Crippen molar-refractivity contribution in [3.63, 3.8) is 0 Å². The normalized spacial score (nSPS) is 10.1. The highest BCUT2D eigenvalue weighted by molar-refractivity contribution is 6.10. The second-order valence-electron chi connectivity index (χ2n) is 6.56. The highest BCUT2D eigenvalue weighted by atomic mass is 16.5. The van der Waals surface area contributed by atoms with Crippen LogP contribution in [0.3, 0.4) is 0 Å². The highest BCUT2D eigenvalue weighted by Crippen LogP contribution is 2.29. The van der Waals surface area contributed by atoms with Crippen LogP contribution in [0.2, 0.25) is 0 Å². The maximum absolute atomic E-state index is 12.8. The Hall–Kier alpha value is -4.33. The number of esters is 1. The van der Waals surface area contributed by atoms with Crippen LogP contribution in [0.15, 0.2) is 66.7 Å². The number of benzene rings is 3. The summed E-state index contributed by atoms with van der Waals surface area (Å²) in [6, 6.07) is 17.9. The summed E-state index contributed by atoms with van der Waals surface area (Å²) in [6.45, 7) is 0. The minimum atomic E-state index is -0.550. The van der Waals surface area contributed by atoms with Crippen molar-refractivity contribution in [2.45, 2.75) is 0 Å². The summed E-state index contributed by atoms with van der Waals surface area (Å²) in [5.41, 5.74) is 1.67.